The van der Waals surface area contributed by atoms with E-state index in [1.807, 2.05) is 48.5 Å². The van der Waals surface area contributed by atoms with Crippen LogP contribution in [-0.4, -0.2) is 27.8 Å². The average molecular weight is 330 g/mol. The molecule has 0 saturated carbocycles. The van der Waals surface area contributed by atoms with Crippen molar-refractivity contribution in [3.63, 3.8) is 0 Å². The van der Waals surface area contributed by atoms with Crippen LogP contribution in [0, 0.1) is 11.3 Å². The highest BCUT2D eigenvalue weighted by Crippen LogP contribution is 2.25. The van der Waals surface area contributed by atoms with Crippen molar-refractivity contribution in [3.8, 4) is 23.0 Å². The van der Waals surface area contributed by atoms with Crippen LogP contribution < -0.4 is 0 Å². The molecule has 122 valence electrons. The lowest BCUT2D eigenvalue weighted by atomic mass is 10.1. The lowest BCUT2D eigenvalue weighted by molar-refractivity contribution is -0.135. The van der Waals surface area contributed by atoms with E-state index in [1.54, 1.807) is 23.3 Å². The first kappa shape index (κ1) is 16.1. The molecule has 0 aliphatic heterocycles. The molecule has 1 aromatic carbocycles. The number of aromatic nitrogens is 3. The number of benzene rings is 1. The molecule has 0 aliphatic carbocycles. The third-order valence-corrected chi connectivity index (χ3v) is 3.54. The van der Waals surface area contributed by atoms with E-state index in [4.69, 9.17) is 0 Å². The topological polar surface area (TPSA) is 80.8 Å². The third-order valence-electron chi connectivity index (χ3n) is 3.54. The van der Waals surface area contributed by atoms with Gasteiger partial charge in [0.15, 0.2) is 0 Å². The number of rotatable bonds is 4. The van der Waals surface area contributed by atoms with Gasteiger partial charge in [0, 0.05) is 29.7 Å². The zero-order chi connectivity index (χ0) is 17.6. The summed E-state index contributed by atoms with van der Waals surface area (Å²) in [5.74, 6) is -0.685. The summed E-state index contributed by atoms with van der Waals surface area (Å²) in [6, 6.07) is 15.1. The van der Waals surface area contributed by atoms with Crippen LogP contribution in [0.5, 0.6) is 0 Å². The maximum absolute atomic E-state index is 11.7. The number of methoxy groups -OCH3 is 1. The van der Waals surface area contributed by atoms with Gasteiger partial charge in [-0.25, -0.2) is 9.48 Å². The minimum atomic E-state index is -0.685. The van der Waals surface area contributed by atoms with Gasteiger partial charge in [-0.1, -0.05) is 18.2 Å². The number of carbonyl (C=O) groups is 1. The van der Waals surface area contributed by atoms with E-state index < -0.39 is 5.97 Å². The molecular formula is C19H14N4O2. The second-order valence-corrected chi connectivity index (χ2v) is 5.11. The summed E-state index contributed by atoms with van der Waals surface area (Å²) in [7, 11) is 1.24. The van der Waals surface area contributed by atoms with E-state index >= 15 is 0 Å². The molecule has 6 nitrogen and oxygen atoms in total. The van der Waals surface area contributed by atoms with Crippen LogP contribution in [0.3, 0.4) is 0 Å². The lowest BCUT2D eigenvalue weighted by Crippen LogP contribution is -2.02. The molecule has 0 saturated heterocycles. The number of esters is 1. The monoisotopic (exact) mass is 330 g/mol. The molecule has 2 aromatic heterocycles. The van der Waals surface area contributed by atoms with Gasteiger partial charge in [-0.05, 0) is 30.3 Å². The van der Waals surface area contributed by atoms with Crippen molar-refractivity contribution in [1.29, 1.82) is 5.26 Å². The molecule has 0 N–H and O–H groups in total. The Hall–Kier alpha value is -3.72. The predicted molar refractivity (Wildman–Crippen MR) is 92.4 cm³/mol. The number of nitriles is 1. The van der Waals surface area contributed by atoms with Crippen LogP contribution in [0.15, 0.2) is 66.6 Å². The summed E-state index contributed by atoms with van der Waals surface area (Å²) in [6.07, 6.45) is 6.57. The zero-order valence-corrected chi connectivity index (χ0v) is 13.5. The van der Waals surface area contributed by atoms with Crippen molar-refractivity contribution in [2.45, 2.75) is 0 Å². The fourth-order valence-electron chi connectivity index (χ4n) is 2.34. The normalized spacial score (nSPS) is 11.0. The standard InChI is InChI=1S/C19H14N4O2/c1-25-19(24)15(12-20)11-16-13-23(17-5-3-2-4-6-17)22-18(16)14-7-9-21-10-8-14/h2-11,13H,1H3. The van der Waals surface area contributed by atoms with E-state index in [0.717, 1.165) is 11.3 Å². The fourth-order valence-corrected chi connectivity index (χ4v) is 2.34. The van der Waals surface area contributed by atoms with Gasteiger partial charge in [-0.3, -0.25) is 4.98 Å². The Morgan fingerprint density at radius 2 is 1.92 bits per heavy atom. The molecule has 0 unspecified atom stereocenters. The molecule has 3 aromatic rings. The van der Waals surface area contributed by atoms with E-state index in [-0.39, 0.29) is 5.57 Å². The lowest BCUT2D eigenvalue weighted by Gasteiger charge is -2.00. The summed E-state index contributed by atoms with van der Waals surface area (Å²) in [5.41, 5.74) is 2.89. The highest BCUT2D eigenvalue weighted by atomic mass is 16.5. The summed E-state index contributed by atoms with van der Waals surface area (Å²) in [6.45, 7) is 0. The number of hydrogen-bond donors (Lipinski definition) is 0. The Bertz CT molecular complexity index is 954. The molecule has 0 atom stereocenters. The second kappa shape index (κ2) is 7.23. The number of nitrogens with zero attached hydrogens (tertiary/aromatic N) is 4. The highest BCUT2D eigenvalue weighted by Gasteiger charge is 2.15. The average Bonchev–Trinajstić information content (AvgIpc) is 3.11. The van der Waals surface area contributed by atoms with E-state index in [2.05, 4.69) is 14.8 Å². The zero-order valence-electron chi connectivity index (χ0n) is 13.5. The van der Waals surface area contributed by atoms with E-state index in [1.165, 1.54) is 13.2 Å². The molecule has 3 rings (SSSR count). The highest BCUT2D eigenvalue weighted by molar-refractivity contribution is 5.98. The number of carbonyl (C=O) groups excluding carboxylic acids is 1. The van der Waals surface area contributed by atoms with Crippen molar-refractivity contribution in [1.82, 2.24) is 14.8 Å². The molecule has 25 heavy (non-hydrogen) atoms. The Kier molecular flexibility index (Phi) is 4.67. The minimum absolute atomic E-state index is 0.0922. The van der Waals surface area contributed by atoms with E-state index in [9.17, 15) is 10.1 Å². The fraction of sp³-hybridized carbons (Fsp3) is 0.0526. The Morgan fingerprint density at radius 3 is 2.56 bits per heavy atom. The summed E-state index contributed by atoms with van der Waals surface area (Å²) in [4.78, 5) is 15.7. The van der Waals surface area contributed by atoms with Gasteiger partial charge in [-0.2, -0.15) is 10.4 Å². The quantitative estimate of drug-likeness (QED) is 0.417. The van der Waals surface area contributed by atoms with Gasteiger partial charge in [0.25, 0.3) is 0 Å². The molecule has 0 bridgehead atoms. The Balaban J connectivity index is 2.16. The molecule has 0 radical (unpaired) electrons. The summed E-state index contributed by atoms with van der Waals surface area (Å²) in [5, 5.41) is 13.8. The van der Waals surface area contributed by atoms with Crippen molar-refractivity contribution >= 4 is 12.0 Å². The second-order valence-electron chi connectivity index (χ2n) is 5.11. The molecule has 0 amide bonds. The van der Waals surface area contributed by atoms with Gasteiger partial charge in [0.2, 0.25) is 0 Å². The predicted octanol–water partition coefficient (Wildman–Crippen LogP) is 3.01. The van der Waals surface area contributed by atoms with Crippen LogP contribution in [0.2, 0.25) is 0 Å². The van der Waals surface area contributed by atoms with Gasteiger partial charge >= 0.3 is 5.97 Å². The summed E-state index contributed by atoms with van der Waals surface area (Å²) < 4.78 is 6.35. The Morgan fingerprint density at radius 1 is 1.20 bits per heavy atom. The van der Waals surface area contributed by atoms with Crippen molar-refractivity contribution in [2.24, 2.45) is 0 Å². The van der Waals surface area contributed by atoms with Crippen molar-refractivity contribution in [3.05, 3.63) is 72.2 Å². The summed E-state index contributed by atoms with van der Waals surface area (Å²) >= 11 is 0. The first-order valence-corrected chi connectivity index (χ1v) is 7.48. The first-order valence-electron chi connectivity index (χ1n) is 7.48. The molecule has 0 fully saturated rings. The van der Waals surface area contributed by atoms with Crippen LogP contribution in [0.4, 0.5) is 0 Å². The Labute approximate surface area is 144 Å². The van der Waals surface area contributed by atoms with Crippen molar-refractivity contribution in [2.75, 3.05) is 7.11 Å². The van der Waals surface area contributed by atoms with Gasteiger partial charge in [0.05, 0.1) is 12.8 Å². The molecule has 2 heterocycles. The molecule has 6 heteroatoms. The molecular weight excluding hydrogens is 316 g/mol. The van der Waals surface area contributed by atoms with Crippen LogP contribution in [0.1, 0.15) is 5.56 Å². The third kappa shape index (κ3) is 3.46. The van der Waals surface area contributed by atoms with Gasteiger partial charge in [0.1, 0.15) is 17.3 Å². The first-order chi connectivity index (χ1) is 12.2. The smallest absolute Gasteiger partial charge is 0.348 e. The number of pyridine rings is 1. The van der Waals surface area contributed by atoms with Crippen molar-refractivity contribution < 1.29 is 9.53 Å². The number of para-hydroxylation sites is 1. The number of ether oxygens (including phenoxy) is 1. The van der Waals surface area contributed by atoms with Crippen LogP contribution in [0.25, 0.3) is 23.0 Å². The molecule has 0 spiro atoms. The maximum Gasteiger partial charge on any atom is 0.348 e. The SMILES string of the molecule is COC(=O)C(C#N)=Cc1cn(-c2ccccc2)nc1-c1ccncc1. The number of hydrogen-bond acceptors (Lipinski definition) is 5. The van der Waals surface area contributed by atoms with Gasteiger partial charge < -0.3 is 4.74 Å². The molecule has 0 aliphatic rings. The largest absolute Gasteiger partial charge is 0.465 e. The van der Waals surface area contributed by atoms with Crippen LogP contribution >= 0.6 is 0 Å². The van der Waals surface area contributed by atoms with Gasteiger partial charge in [-0.15, -0.1) is 0 Å². The maximum atomic E-state index is 11.7. The van der Waals surface area contributed by atoms with Crippen LogP contribution in [-0.2, 0) is 9.53 Å². The van der Waals surface area contributed by atoms with E-state index in [0.29, 0.717) is 11.3 Å². The minimum Gasteiger partial charge on any atom is -0.465 e.